The molecule has 1 rings (SSSR count). The zero-order chi connectivity index (χ0) is 8.10. The van der Waals surface area contributed by atoms with Gasteiger partial charge in [-0.25, -0.2) is 0 Å². The Kier molecular flexibility index (Phi) is 2.81. The molecule has 1 unspecified atom stereocenters. The lowest BCUT2D eigenvalue weighted by atomic mass is 10.1. The van der Waals surface area contributed by atoms with Gasteiger partial charge in [-0.1, -0.05) is 30.3 Å². The molecule has 0 heterocycles. The summed E-state index contributed by atoms with van der Waals surface area (Å²) < 4.78 is 0. The second kappa shape index (κ2) is 3.88. The monoisotopic (exact) mass is 148 g/mol. The van der Waals surface area contributed by atoms with Crippen LogP contribution >= 0.6 is 0 Å². The van der Waals surface area contributed by atoms with Crippen molar-refractivity contribution in [2.24, 2.45) is 10.7 Å². The molecule has 0 radical (unpaired) electrons. The summed E-state index contributed by atoms with van der Waals surface area (Å²) in [6, 6.07) is 9.83. The summed E-state index contributed by atoms with van der Waals surface area (Å²) in [5.41, 5.74) is 6.85. The van der Waals surface area contributed by atoms with E-state index in [0.29, 0.717) is 0 Å². The summed E-state index contributed by atoms with van der Waals surface area (Å²) in [4.78, 5) is 3.86. The largest absolute Gasteiger partial charge is 0.320 e. The molecule has 58 valence electrons. The summed E-state index contributed by atoms with van der Waals surface area (Å²) in [7, 11) is 1.72. The topological polar surface area (TPSA) is 38.4 Å². The van der Waals surface area contributed by atoms with Crippen molar-refractivity contribution in [3.8, 4) is 0 Å². The van der Waals surface area contributed by atoms with Crippen molar-refractivity contribution in [2.45, 2.75) is 6.04 Å². The number of benzene rings is 1. The first-order chi connectivity index (χ1) is 5.34. The fraction of sp³-hybridized carbons (Fsp3) is 0.222. The summed E-state index contributed by atoms with van der Waals surface area (Å²) in [5.74, 6) is 0. The van der Waals surface area contributed by atoms with Gasteiger partial charge in [-0.3, -0.25) is 4.99 Å². The lowest BCUT2D eigenvalue weighted by Crippen LogP contribution is -2.10. The van der Waals surface area contributed by atoms with Gasteiger partial charge >= 0.3 is 0 Å². The maximum Gasteiger partial charge on any atom is 0.0651 e. The molecule has 0 aliphatic heterocycles. The maximum absolute atomic E-state index is 5.76. The molecule has 0 fully saturated rings. The van der Waals surface area contributed by atoms with Gasteiger partial charge in [0.25, 0.3) is 0 Å². The molecule has 0 saturated carbocycles. The van der Waals surface area contributed by atoms with E-state index in [0.717, 1.165) is 5.56 Å². The summed E-state index contributed by atoms with van der Waals surface area (Å²) in [6.45, 7) is 0. The molecule has 2 heteroatoms. The minimum atomic E-state index is -0.0683. The van der Waals surface area contributed by atoms with E-state index < -0.39 is 0 Å². The van der Waals surface area contributed by atoms with Crippen molar-refractivity contribution < 1.29 is 0 Å². The molecule has 0 amide bonds. The van der Waals surface area contributed by atoms with Crippen LogP contribution in [0, 0.1) is 0 Å². The molecule has 0 spiro atoms. The van der Waals surface area contributed by atoms with E-state index in [4.69, 9.17) is 5.73 Å². The minimum Gasteiger partial charge on any atom is -0.320 e. The average molecular weight is 148 g/mol. The van der Waals surface area contributed by atoms with Crippen molar-refractivity contribution >= 4 is 6.21 Å². The fourth-order valence-corrected chi connectivity index (χ4v) is 0.922. The van der Waals surface area contributed by atoms with Gasteiger partial charge in [0, 0.05) is 13.3 Å². The minimum absolute atomic E-state index is 0.0683. The Hall–Kier alpha value is -1.15. The first-order valence-corrected chi connectivity index (χ1v) is 3.57. The van der Waals surface area contributed by atoms with E-state index in [1.165, 1.54) is 0 Å². The highest BCUT2D eigenvalue weighted by Gasteiger charge is 1.98. The Bertz CT molecular complexity index is 229. The van der Waals surface area contributed by atoms with Gasteiger partial charge < -0.3 is 5.73 Å². The zero-order valence-corrected chi connectivity index (χ0v) is 6.57. The molecule has 0 saturated heterocycles. The molecule has 11 heavy (non-hydrogen) atoms. The molecule has 1 atom stereocenters. The van der Waals surface area contributed by atoms with Gasteiger partial charge in [-0.15, -0.1) is 0 Å². The first kappa shape index (κ1) is 7.95. The molecule has 0 aliphatic rings. The molecule has 1 aromatic carbocycles. The van der Waals surface area contributed by atoms with Crippen LogP contribution in [0.25, 0.3) is 0 Å². The molecule has 2 nitrogen and oxygen atoms in total. The highest BCUT2D eigenvalue weighted by atomic mass is 14.7. The van der Waals surface area contributed by atoms with Crippen LogP contribution in [-0.4, -0.2) is 13.3 Å². The highest BCUT2D eigenvalue weighted by Crippen LogP contribution is 2.05. The molecule has 1 aromatic rings. The number of aliphatic imine (C=N–C) groups is 1. The Balaban J connectivity index is 2.76. The van der Waals surface area contributed by atoms with Gasteiger partial charge in [0.15, 0.2) is 0 Å². The van der Waals surface area contributed by atoms with E-state index in [1.54, 1.807) is 13.3 Å². The summed E-state index contributed by atoms with van der Waals surface area (Å²) in [6.07, 6.45) is 1.73. The number of hydrogen-bond donors (Lipinski definition) is 1. The van der Waals surface area contributed by atoms with Crippen molar-refractivity contribution in [3.63, 3.8) is 0 Å². The molecule has 2 N–H and O–H groups in total. The second-order valence-corrected chi connectivity index (χ2v) is 2.34. The number of nitrogens with zero attached hydrogens (tertiary/aromatic N) is 1. The van der Waals surface area contributed by atoms with E-state index in [1.807, 2.05) is 30.3 Å². The van der Waals surface area contributed by atoms with E-state index in [2.05, 4.69) is 4.99 Å². The third kappa shape index (κ3) is 2.16. The fourth-order valence-electron chi connectivity index (χ4n) is 0.922. The first-order valence-electron chi connectivity index (χ1n) is 3.57. The standard InChI is InChI=1S/C9H12N2/c1-11-7-9(10)8-5-3-2-4-6-8/h2-7,9H,10H2,1H3. The number of nitrogens with two attached hydrogens (primary N) is 1. The Morgan fingerprint density at radius 2 is 2.00 bits per heavy atom. The van der Waals surface area contributed by atoms with Gasteiger partial charge in [-0.05, 0) is 5.56 Å². The van der Waals surface area contributed by atoms with Crippen LogP contribution < -0.4 is 5.73 Å². The van der Waals surface area contributed by atoms with Gasteiger partial charge in [-0.2, -0.15) is 0 Å². The normalized spacial score (nSPS) is 13.6. The summed E-state index contributed by atoms with van der Waals surface area (Å²) >= 11 is 0. The molecular formula is C9H12N2. The van der Waals surface area contributed by atoms with Crippen LogP contribution in [0.3, 0.4) is 0 Å². The second-order valence-electron chi connectivity index (χ2n) is 2.34. The predicted molar refractivity (Wildman–Crippen MR) is 47.8 cm³/mol. The van der Waals surface area contributed by atoms with Gasteiger partial charge in [0.05, 0.1) is 6.04 Å². The van der Waals surface area contributed by atoms with Crippen LogP contribution in [0.1, 0.15) is 11.6 Å². The van der Waals surface area contributed by atoms with Gasteiger partial charge in [0.2, 0.25) is 0 Å². The van der Waals surface area contributed by atoms with Crippen LogP contribution in [-0.2, 0) is 0 Å². The SMILES string of the molecule is CN=CC(N)c1ccccc1. The van der Waals surface area contributed by atoms with Gasteiger partial charge in [0.1, 0.15) is 0 Å². The lowest BCUT2D eigenvalue weighted by molar-refractivity contribution is 0.979. The van der Waals surface area contributed by atoms with Crippen LogP contribution in [0.2, 0.25) is 0 Å². The Labute approximate surface area is 66.8 Å². The van der Waals surface area contributed by atoms with Crippen molar-refractivity contribution in [2.75, 3.05) is 7.05 Å². The molecule has 0 aromatic heterocycles. The third-order valence-corrected chi connectivity index (χ3v) is 1.49. The van der Waals surface area contributed by atoms with Crippen molar-refractivity contribution in [1.29, 1.82) is 0 Å². The summed E-state index contributed by atoms with van der Waals surface area (Å²) in [5, 5.41) is 0. The highest BCUT2D eigenvalue weighted by molar-refractivity contribution is 5.66. The predicted octanol–water partition coefficient (Wildman–Crippen LogP) is 1.39. The average Bonchev–Trinajstić information content (AvgIpc) is 2.07. The number of hydrogen-bond acceptors (Lipinski definition) is 2. The van der Waals surface area contributed by atoms with Crippen LogP contribution in [0.15, 0.2) is 35.3 Å². The Morgan fingerprint density at radius 3 is 2.55 bits per heavy atom. The van der Waals surface area contributed by atoms with Crippen LogP contribution in [0.5, 0.6) is 0 Å². The van der Waals surface area contributed by atoms with Crippen molar-refractivity contribution in [3.05, 3.63) is 35.9 Å². The zero-order valence-electron chi connectivity index (χ0n) is 6.57. The number of rotatable bonds is 2. The van der Waals surface area contributed by atoms with Crippen molar-refractivity contribution in [1.82, 2.24) is 0 Å². The quantitative estimate of drug-likeness (QED) is 0.632. The smallest absolute Gasteiger partial charge is 0.0651 e. The van der Waals surface area contributed by atoms with Crippen LogP contribution in [0.4, 0.5) is 0 Å². The van der Waals surface area contributed by atoms with E-state index in [9.17, 15) is 0 Å². The lowest BCUT2D eigenvalue weighted by Gasteiger charge is -2.03. The molecular weight excluding hydrogens is 136 g/mol. The van der Waals surface area contributed by atoms with E-state index >= 15 is 0 Å². The maximum atomic E-state index is 5.76. The molecule has 0 aliphatic carbocycles. The third-order valence-electron chi connectivity index (χ3n) is 1.49. The van der Waals surface area contributed by atoms with E-state index in [-0.39, 0.29) is 6.04 Å². The molecule has 0 bridgehead atoms. The Morgan fingerprint density at radius 1 is 1.36 bits per heavy atom.